The van der Waals surface area contributed by atoms with Crippen molar-refractivity contribution in [3.05, 3.63) is 35.1 Å². The topological polar surface area (TPSA) is 63.4 Å². The zero-order valence-electron chi connectivity index (χ0n) is 10.9. The quantitative estimate of drug-likeness (QED) is 0.879. The summed E-state index contributed by atoms with van der Waals surface area (Å²) in [5, 5.41) is 0. The Hall–Kier alpha value is -1.91. The summed E-state index contributed by atoms with van der Waals surface area (Å²) >= 11 is 0. The Bertz CT molecular complexity index is 508. The van der Waals surface area contributed by atoms with Crippen LogP contribution in [0.15, 0.2) is 18.2 Å². The van der Waals surface area contributed by atoms with Gasteiger partial charge in [-0.3, -0.25) is 9.59 Å². The Morgan fingerprint density at radius 2 is 1.95 bits per heavy atom. The lowest BCUT2D eigenvalue weighted by Gasteiger charge is -2.30. The van der Waals surface area contributed by atoms with Gasteiger partial charge in [-0.05, 0) is 37.5 Å². The number of carbonyl (C=O) groups is 2. The summed E-state index contributed by atoms with van der Waals surface area (Å²) in [6.45, 7) is 2.66. The van der Waals surface area contributed by atoms with Crippen molar-refractivity contribution < 1.29 is 14.0 Å². The number of aryl methyl sites for hydroxylation is 1. The van der Waals surface area contributed by atoms with Crippen LogP contribution in [0.25, 0.3) is 0 Å². The number of primary amides is 1. The first-order valence-electron chi connectivity index (χ1n) is 6.34. The van der Waals surface area contributed by atoms with Gasteiger partial charge in [-0.15, -0.1) is 0 Å². The number of nitrogens with two attached hydrogens (primary N) is 1. The van der Waals surface area contributed by atoms with Crippen molar-refractivity contribution in [1.82, 2.24) is 4.90 Å². The lowest BCUT2D eigenvalue weighted by atomic mass is 9.96. The summed E-state index contributed by atoms with van der Waals surface area (Å²) in [6, 6.07) is 4.57. The maximum absolute atomic E-state index is 13.7. The highest BCUT2D eigenvalue weighted by atomic mass is 19.1. The Morgan fingerprint density at radius 3 is 2.47 bits per heavy atom. The lowest BCUT2D eigenvalue weighted by Crippen LogP contribution is -2.42. The van der Waals surface area contributed by atoms with Gasteiger partial charge in [0.15, 0.2) is 0 Å². The van der Waals surface area contributed by atoms with E-state index in [9.17, 15) is 14.0 Å². The van der Waals surface area contributed by atoms with Crippen LogP contribution in [0.4, 0.5) is 4.39 Å². The summed E-state index contributed by atoms with van der Waals surface area (Å²) in [6.07, 6.45) is 1.10. The third-order valence-corrected chi connectivity index (χ3v) is 3.54. The number of amides is 2. The van der Waals surface area contributed by atoms with Gasteiger partial charge in [-0.25, -0.2) is 4.39 Å². The van der Waals surface area contributed by atoms with E-state index in [1.165, 1.54) is 12.1 Å². The summed E-state index contributed by atoms with van der Waals surface area (Å²) in [5.41, 5.74) is 6.10. The molecule has 0 spiro atoms. The molecule has 2 N–H and O–H groups in total. The molecule has 1 aliphatic heterocycles. The molecule has 2 amide bonds. The minimum Gasteiger partial charge on any atom is -0.369 e. The fraction of sp³-hybridized carbons (Fsp3) is 0.429. The van der Waals surface area contributed by atoms with Crippen LogP contribution in [0.1, 0.15) is 28.8 Å². The van der Waals surface area contributed by atoms with Crippen LogP contribution in [0.5, 0.6) is 0 Å². The molecule has 5 heteroatoms. The Kier molecular flexibility index (Phi) is 3.83. The van der Waals surface area contributed by atoms with E-state index in [-0.39, 0.29) is 23.3 Å². The first-order chi connectivity index (χ1) is 8.99. The molecule has 2 rings (SSSR count). The highest BCUT2D eigenvalue weighted by molar-refractivity contribution is 5.94. The van der Waals surface area contributed by atoms with E-state index >= 15 is 0 Å². The first-order valence-corrected chi connectivity index (χ1v) is 6.34. The number of halogens is 1. The van der Waals surface area contributed by atoms with Gasteiger partial charge >= 0.3 is 0 Å². The van der Waals surface area contributed by atoms with Crippen molar-refractivity contribution in [2.75, 3.05) is 13.1 Å². The molecule has 0 aliphatic carbocycles. The molecule has 0 saturated carbocycles. The van der Waals surface area contributed by atoms with Crippen LogP contribution in [0, 0.1) is 18.7 Å². The predicted molar refractivity (Wildman–Crippen MR) is 69.0 cm³/mol. The molecule has 0 aromatic heterocycles. The standard InChI is InChI=1S/C14H17FN2O2/c1-9-2-3-11(12(15)8-9)14(19)17-6-4-10(5-7-17)13(16)18/h2-3,8,10H,4-7H2,1H3,(H2,16,18). The highest BCUT2D eigenvalue weighted by Crippen LogP contribution is 2.20. The minimum absolute atomic E-state index is 0.0862. The molecule has 0 bridgehead atoms. The SMILES string of the molecule is Cc1ccc(C(=O)N2CCC(C(N)=O)CC2)c(F)c1. The number of rotatable bonds is 2. The number of hydrogen-bond donors (Lipinski definition) is 1. The largest absolute Gasteiger partial charge is 0.369 e. The zero-order valence-corrected chi connectivity index (χ0v) is 10.9. The third kappa shape index (κ3) is 2.92. The van der Waals surface area contributed by atoms with Gasteiger partial charge < -0.3 is 10.6 Å². The average Bonchev–Trinajstić information content (AvgIpc) is 2.38. The monoisotopic (exact) mass is 264 g/mol. The van der Waals surface area contributed by atoms with Crippen LogP contribution in [-0.4, -0.2) is 29.8 Å². The van der Waals surface area contributed by atoms with Crippen molar-refractivity contribution in [3.8, 4) is 0 Å². The minimum atomic E-state index is -0.498. The average molecular weight is 264 g/mol. The third-order valence-electron chi connectivity index (χ3n) is 3.54. The molecule has 1 aromatic rings. The van der Waals surface area contributed by atoms with E-state index in [4.69, 9.17) is 5.73 Å². The molecule has 1 aliphatic rings. The first kappa shape index (κ1) is 13.5. The van der Waals surface area contributed by atoms with Crippen molar-refractivity contribution in [2.45, 2.75) is 19.8 Å². The van der Waals surface area contributed by atoms with E-state index in [1.807, 2.05) is 0 Å². The van der Waals surface area contributed by atoms with Gasteiger partial charge in [0.2, 0.25) is 5.91 Å². The second kappa shape index (κ2) is 5.38. The van der Waals surface area contributed by atoms with Gasteiger partial charge in [-0.2, -0.15) is 0 Å². The molecule has 4 nitrogen and oxygen atoms in total. The maximum atomic E-state index is 13.7. The van der Waals surface area contributed by atoms with Gasteiger partial charge in [0, 0.05) is 19.0 Å². The molecule has 0 unspecified atom stereocenters. The van der Waals surface area contributed by atoms with Crippen LogP contribution < -0.4 is 5.73 Å². The van der Waals surface area contributed by atoms with E-state index < -0.39 is 5.82 Å². The van der Waals surface area contributed by atoms with Gasteiger partial charge in [0.25, 0.3) is 5.91 Å². The Morgan fingerprint density at radius 1 is 1.32 bits per heavy atom. The second-order valence-corrected chi connectivity index (χ2v) is 4.95. The Labute approximate surface area is 111 Å². The second-order valence-electron chi connectivity index (χ2n) is 4.95. The highest BCUT2D eigenvalue weighted by Gasteiger charge is 2.27. The smallest absolute Gasteiger partial charge is 0.256 e. The van der Waals surface area contributed by atoms with Crippen molar-refractivity contribution in [2.24, 2.45) is 11.7 Å². The Balaban J connectivity index is 2.07. The molecule has 0 radical (unpaired) electrons. The number of hydrogen-bond acceptors (Lipinski definition) is 2. The van der Waals surface area contributed by atoms with Crippen molar-refractivity contribution in [1.29, 1.82) is 0 Å². The molecule has 1 aromatic carbocycles. The maximum Gasteiger partial charge on any atom is 0.256 e. The zero-order chi connectivity index (χ0) is 14.0. The molecule has 1 heterocycles. The summed E-state index contributed by atoms with van der Waals surface area (Å²) < 4.78 is 13.7. The molecule has 1 fully saturated rings. The van der Waals surface area contributed by atoms with Crippen molar-refractivity contribution in [3.63, 3.8) is 0 Å². The van der Waals surface area contributed by atoms with Gasteiger partial charge in [-0.1, -0.05) is 6.07 Å². The molecule has 0 atom stereocenters. The van der Waals surface area contributed by atoms with E-state index in [0.717, 1.165) is 5.56 Å². The molecule has 1 saturated heterocycles. The summed E-state index contributed by atoms with van der Waals surface area (Å²) in [4.78, 5) is 24.8. The number of piperidine rings is 1. The van der Waals surface area contributed by atoms with Gasteiger partial charge in [0.1, 0.15) is 5.82 Å². The number of benzene rings is 1. The fourth-order valence-electron chi connectivity index (χ4n) is 2.33. The predicted octanol–water partition coefficient (Wildman–Crippen LogP) is 1.47. The van der Waals surface area contributed by atoms with E-state index in [1.54, 1.807) is 17.9 Å². The van der Waals surface area contributed by atoms with Crippen LogP contribution in [-0.2, 0) is 4.79 Å². The molecule has 19 heavy (non-hydrogen) atoms. The summed E-state index contributed by atoms with van der Waals surface area (Å²) in [5.74, 6) is -1.32. The van der Waals surface area contributed by atoms with Crippen LogP contribution in [0.2, 0.25) is 0 Å². The summed E-state index contributed by atoms with van der Waals surface area (Å²) in [7, 11) is 0. The number of nitrogens with zero attached hydrogens (tertiary/aromatic N) is 1. The van der Waals surface area contributed by atoms with E-state index in [2.05, 4.69) is 0 Å². The number of likely N-dealkylation sites (tertiary alicyclic amines) is 1. The van der Waals surface area contributed by atoms with Crippen molar-refractivity contribution >= 4 is 11.8 Å². The molecular formula is C14H17FN2O2. The van der Waals surface area contributed by atoms with Gasteiger partial charge in [0.05, 0.1) is 5.56 Å². The van der Waals surface area contributed by atoms with Crippen LogP contribution in [0.3, 0.4) is 0 Å². The fourth-order valence-corrected chi connectivity index (χ4v) is 2.33. The van der Waals surface area contributed by atoms with Crippen LogP contribution >= 0.6 is 0 Å². The molecule has 102 valence electrons. The van der Waals surface area contributed by atoms with E-state index in [0.29, 0.717) is 25.9 Å². The number of carbonyl (C=O) groups excluding carboxylic acids is 2. The normalized spacial score (nSPS) is 16.4. The lowest BCUT2D eigenvalue weighted by molar-refractivity contribution is -0.123. The molecular weight excluding hydrogens is 247 g/mol.